The first-order chi connectivity index (χ1) is 11.6. The van der Waals surface area contributed by atoms with Gasteiger partial charge in [-0.25, -0.2) is 9.78 Å². The topological polar surface area (TPSA) is 82.3 Å². The summed E-state index contributed by atoms with van der Waals surface area (Å²) in [5.74, 6) is 0.338. The Kier molecular flexibility index (Phi) is 4.77. The number of benzene rings is 2. The van der Waals surface area contributed by atoms with E-state index in [0.29, 0.717) is 11.3 Å². The Labute approximate surface area is 145 Å². The molecule has 6 nitrogen and oxygen atoms in total. The number of nitrogens with zero attached hydrogens (tertiary/aromatic N) is 2. The van der Waals surface area contributed by atoms with Crippen LogP contribution in [0.4, 0.5) is 5.69 Å². The zero-order valence-electron chi connectivity index (χ0n) is 12.6. The minimum atomic E-state index is -0.408. The molecule has 0 atom stereocenters. The van der Waals surface area contributed by atoms with Gasteiger partial charge in [0.05, 0.1) is 27.8 Å². The maximum absolute atomic E-state index is 11.4. The molecule has 0 aliphatic carbocycles. The normalized spacial score (nSPS) is 10.7. The fourth-order valence-electron chi connectivity index (χ4n) is 2.07. The van der Waals surface area contributed by atoms with Gasteiger partial charge >= 0.3 is 5.97 Å². The molecule has 3 aromatic rings. The van der Waals surface area contributed by atoms with Crippen molar-refractivity contribution in [3.63, 3.8) is 0 Å². The van der Waals surface area contributed by atoms with Gasteiger partial charge in [0.15, 0.2) is 4.34 Å². The molecule has 0 fully saturated rings. The molecule has 0 N–H and O–H groups in total. The number of esters is 1. The Morgan fingerprint density at radius 2 is 2.04 bits per heavy atom. The molecule has 0 aliphatic heterocycles. The molecule has 0 radical (unpaired) electrons. The Morgan fingerprint density at radius 3 is 2.71 bits per heavy atom. The number of carbonyl (C=O) groups excluding carboxylic acids is 1. The van der Waals surface area contributed by atoms with Gasteiger partial charge in [-0.2, -0.15) is 0 Å². The number of ether oxygens (including phenoxy) is 1. The third kappa shape index (κ3) is 3.55. The average molecular weight is 360 g/mol. The van der Waals surface area contributed by atoms with Crippen molar-refractivity contribution in [1.82, 2.24) is 4.98 Å². The second-order valence-corrected chi connectivity index (χ2v) is 7.12. The van der Waals surface area contributed by atoms with Crippen molar-refractivity contribution in [1.29, 1.82) is 0 Å². The van der Waals surface area contributed by atoms with Gasteiger partial charge in [0.2, 0.25) is 0 Å². The highest BCUT2D eigenvalue weighted by atomic mass is 32.2. The summed E-state index contributed by atoms with van der Waals surface area (Å²) >= 11 is 2.99. The van der Waals surface area contributed by atoms with Crippen LogP contribution in [-0.2, 0) is 10.5 Å². The smallest absolute Gasteiger partial charge is 0.337 e. The predicted molar refractivity (Wildman–Crippen MR) is 93.6 cm³/mol. The van der Waals surface area contributed by atoms with Crippen molar-refractivity contribution in [2.75, 3.05) is 7.11 Å². The van der Waals surface area contributed by atoms with Crippen molar-refractivity contribution < 1.29 is 14.5 Å². The number of aromatic nitrogens is 1. The quantitative estimate of drug-likeness (QED) is 0.292. The first-order valence-corrected chi connectivity index (χ1v) is 8.72. The lowest BCUT2D eigenvalue weighted by Gasteiger charge is -2.01. The molecule has 0 amide bonds. The number of rotatable bonds is 5. The summed E-state index contributed by atoms with van der Waals surface area (Å²) in [4.78, 5) is 26.3. The Bertz CT molecular complexity index is 906. The fourth-order valence-corrected chi connectivity index (χ4v) is 4.12. The fraction of sp³-hybridized carbons (Fsp3) is 0.125. The van der Waals surface area contributed by atoms with E-state index in [1.54, 1.807) is 36.0 Å². The van der Waals surface area contributed by atoms with Crippen LogP contribution in [0.5, 0.6) is 0 Å². The summed E-state index contributed by atoms with van der Waals surface area (Å²) in [6.07, 6.45) is 0. The highest BCUT2D eigenvalue weighted by Gasteiger charge is 2.11. The lowest BCUT2D eigenvalue weighted by atomic mass is 10.1. The van der Waals surface area contributed by atoms with E-state index in [9.17, 15) is 14.9 Å². The van der Waals surface area contributed by atoms with Crippen molar-refractivity contribution in [2.45, 2.75) is 10.1 Å². The van der Waals surface area contributed by atoms with Crippen molar-refractivity contribution >= 4 is 45.0 Å². The van der Waals surface area contributed by atoms with Crippen LogP contribution in [0.3, 0.4) is 0 Å². The summed E-state index contributed by atoms with van der Waals surface area (Å²) in [5, 5.41) is 10.8. The first-order valence-electron chi connectivity index (χ1n) is 6.92. The van der Waals surface area contributed by atoms with Crippen molar-refractivity contribution in [3.8, 4) is 0 Å². The molecular formula is C16H12N2O4S2. The van der Waals surface area contributed by atoms with Gasteiger partial charge in [-0.3, -0.25) is 10.1 Å². The summed E-state index contributed by atoms with van der Waals surface area (Å²) < 4.78 is 6.31. The molecule has 0 bridgehead atoms. The number of nitro benzene ring substituents is 1. The van der Waals surface area contributed by atoms with E-state index >= 15 is 0 Å². The highest BCUT2D eigenvalue weighted by molar-refractivity contribution is 8.00. The first kappa shape index (κ1) is 16.4. The molecule has 1 heterocycles. The second-order valence-electron chi connectivity index (χ2n) is 4.87. The summed E-state index contributed by atoms with van der Waals surface area (Å²) in [7, 11) is 1.35. The molecule has 8 heteroatoms. The molecule has 2 aromatic carbocycles. The number of nitro groups is 1. The molecule has 0 spiro atoms. The lowest BCUT2D eigenvalue weighted by molar-refractivity contribution is -0.384. The van der Waals surface area contributed by atoms with Crippen LogP contribution in [0.15, 0.2) is 46.8 Å². The van der Waals surface area contributed by atoms with Crippen molar-refractivity contribution in [2.24, 2.45) is 0 Å². The predicted octanol–water partition coefficient (Wildman–Crippen LogP) is 4.28. The van der Waals surface area contributed by atoms with Crippen LogP contribution in [0.25, 0.3) is 10.2 Å². The zero-order valence-corrected chi connectivity index (χ0v) is 14.2. The second kappa shape index (κ2) is 6.98. The average Bonchev–Trinajstić information content (AvgIpc) is 3.01. The number of non-ortho nitro benzene ring substituents is 1. The van der Waals surface area contributed by atoms with Crippen LogP contribution < -0.4 is 0 Å². The molecule has 122 valence electrons. The Hall–Kier alpha value is -2.45. The van der Waals surface area contributed by atoms with E-state index in [1.807, 2.05) is 12.1 Å². The van der Waals surface area contributed by atoms with Gasteiger partial charge in [0, 0.05) is 17.9 Å². The molecule has 0 saturated carbocycles. The summed E-state index contributed by atoms with van der Waals surface area (Å²) in [6, 6.07) is 11.9. The Balaban J connectivity index is 1.71. The maximum Gasteiger partial charge on any atom is 0.337 e. The summed E-state index contributed by atoms with van der Waals surface area (Å²) in [6.45, 7) is 0. The van der Waals surface area contributed by atoms with Crippen LogP contribution in [0.1, 0.15) is 15.9 Å². The third-order valence-electron chi connectivity index (χ3n) is 3.30. The molecule has 3 rings (SSSR count). The van der Waals surface area contributed by atoms with E-state index in [1.165, 1.54) is 24.5 Å². The van der Waals surface area contributed by atoms with Crippen LogP contribution >= 0.6 is 23.1 Å². The van der Waals surface area contributed by atoms with Crippen molar-refractivity contribution in [3.05, 3.63) is 63.7 Å². The van der Waals surface area contributed by atoms with E-state index in [2.05, 4.69) is 9.72 Å². The number of thiazole rings is 1. The van der Waals surface area contributed by atoms with E-state index in [4.69, 9.17) is 0 Å². The standard InChI is InChI=1S/C16H12N2O4S2/c1-22-15(19)11-4-2-10(3-5-11)9-23-16-17-13-7-6-12(18(20)21)8-14(13)24-16/h2-8H,9H2,1H3. The van der Waals surface area contributed by atoms with Crippen LogP contribution in [0.2, 0.25) is 0 Å². The molecule has 1 aromatic heterocycles. The molecular weight excluding hydrogens is 348 g/mol. The Morgan fingerprint density at radius 1 is 1.29 bits per heavy atom. The molecule has 0 aliphatic rings. The number of hydrogen-bond acceptors (Lipinski definition) is 7. The number of thioether (sulfide) groups is 1. The molecule has 24 heavy (non-hydrogen) atoms. The number of methoxy groups -OCH3 is 1. The van der Waals surface area contributed by atoms with Gasteiger partial charge in [-0.1, -0.05) is 23.9 Å². The lowest BCUT2D eigenvalue weighted by Crippen LogP contribution is -2.00. The van der Waals surface area contributed by atoms with Crippen LogP contribution in [-0.4, -0.2) is 23.0 Å². The number of hydrogen-bond donors (Lipinski definition) is 0. The van der Waals surface area contributed by atoms with E-state index < -0.39 is 4.92 Å². The zero-order chi connectivity index (χ0) is 17.1. The van der Waals surface area contributed by atoms with Gasteiger partial charge in [-0.15, -0.1) is 11.3 Å². The monoisotopic (exact) mass is 360 g/mol. The van der Waals surface area contributed by atoms with Gasteiger partial charge in [0.1, 0.15) is 0 Å². The minimum Gasteiger partial charge on any atom is -0.465 e. The van der Waals surface area contributed by atoms with E-state index in [0.717, 1.165) is 20.1 Å². The molecule has 0 saturated heterocycles. The van der Waals surface area contributed by atoms with E-state index in [-0.39, 0.29) is 11.7 Å². The number of fused-ring (bicyclic) bond motifs is 1. The van der Waals surface area contributed by atoms with Gasteiger partial charge < -0.3 is 4.74 Å². The SMILES string of the molecule is COC(=O)c1ccc(CSc2nc3ccc([N+](=O)[O-])cc3s2)cc1. The largest absolute Gasteiger partial charge is 0.465 e. The summed E-state index contributed by atoms with van der Waals surface area (Å²) in [5.41, 5.74) is 2.40. The van der Waals surface area contributed by atoms with Gasteiger partial charge in [0.25, 0.3) is 5.69 Å². The number of carbonyl (C=O) groups is 1. The minimum absolute atomic E-state index is 0.0705. The maximum atomic E-state index is 11.4. The molecule has 0 unspecified atom stereocenters. The van der Waals surface area contributed by atoms with Crippen LogP contribution in [0, 0.1) is 10.1 Å². The highest BCUT2D eigenvalue weighted by Crippen LogP contribution is 2.33. The third-order valence-corrected chi connectivity index (χ3v) is 5.53. The van der Waals surface area contributed by atoms with Gasteiger partial charge in [-0.05, 0) is 23.8 Å².